The van der Waals surface area contributed by atoms with E-state index in [1.807, 2.05) is 6.08 Å². The maximum atomic E-state index is 11.1. The molecule has 0 aromatic carbocycles. The molecule has 0 fully saturated rings. The summed E-state index contributed by atoms with van der Waals surface area (Å²) in [4.78, 5) is 11.1. The van der Waals surface area contributed by atoms with Crippen molar-refractivity contribution >= 4 is 15.2 Å². The zero-order valence-electron chi connectivity index (χ0n) is 6.25. The van der Waals surface area contributed by atoms with E-state index in [0.717, 1.165) is 5.57 Å². The van der Waals surface area contributed by atoms with E-state index in [1.165, 1.54) is 0 Å². The van der Waals surface area contributed by atoms with Gasteiger partial charge in [-0.1, -0.05) is 6.08 Å². The summed E-state index contributed by atoms with van der Waals surface area (Å²) in [5.74, 6) is 0.178. The van der Waals surface area contributed by atoms with Gasteiger partial charge in [0, 0.05) is 15.9 Å². The molecule has 11 heavy (non-hydrogen) atoms. The number of rotatable bonds is 3. The molecule has 2 nitrogen and oxygen atoms in total. The SMILES string of the molecule is C=CCC1=C[C@H](OP)CC1=O. The fraction of sp³-hybridized carbons (Fsp3) is 0.375. The Hall–Kier alpha value is -0.460. The van der Waals surface area contributed by atoms with Gasteiger partial charge in [-0.3, -0.25) is 4.79 Å². The standard InChI is InChI=1S/C8H11O2P/c1-2-3-6-4-7(10-11)5-8(6)9/h2,4,7H,1,3,5,11H2/t7-/m0/s1. The third kappa shape index (κ3) is 1.98. The van der Waals surface area contributed by atoms with Crippen molar-refractivity contribution in [2.75, 3.05) is 0 Å². The van der Waals surface area contributed by atoms with Gasteiger partial charge in [-0.15, -0.1) is 6.58 Å². The van der Waals surface area contributed by atoms with E-state index in [1.54, 1.807) is 6.08 Å². The van der Waals surface area contributed by atoms with Gasteiger partial charge in [0.25, 0.3) is 0 Å². The van der Waals surface area contributed by atoms with E-state index in [9.17, 15) is 4.79 Å². The topological polar surface area (TPSA) is 26.3 Å². The summed E-state index contributed by atoms with van der Waals surface area (Å²) in [6.07, 6.45) is 4.68. The fourth-order valence-corrected chi connectivity index (χ4v) is 1.29. The van der Waals surface area contributed by atoms with Crippen molar-refractivity contribution in [3.8, 4) is 0 Å². The Morgan fingerprint density at radius 2 is 2.64 bits per heavy atom. The van der Waals surface area contributed by atoms with Crippen molar-refractivity contribution in [3.63, 3.8) is 0 Å². The predicted molar refractivity (Wildman–Crippen MR) is 47.1 cm³/mol. The first kappa shape index (κ1) is 8.63. The Morgan fingerprint density at radius 1 is 1.91 bits per heavy atom. The summed E-state index contributed by atoms with van der Waals surface area (Å²) >= 11 is 0. The van der Waals surface area contributed by atoms with Crippen molar-refractivity contribution in [1.82, 2.24) is 0 Å². The van der Waals surface area contributed by atoms with Crippen LogP contribution >= 0.6 is 9.47 Å². The Labute approximate surface area is 68.6 Å². The van der Waals surface area contributed by atoms with Crippen LogP contribution in [-0.2, 0) is 9.32 Å². The summed E-state index contributed by atoms with van der Waals surface area (Å²) in [6, 6.07) is 0. The van der Waals surface area contributed by atoms with Gasteiger partial charge in [0.1, 0.15) is 0 Å². The molecule has 0 aromatic rings. The van der Waals surface area contributed by atoms with Crippen LogP contribution in [0.4, 0.5) is 0 Å². The molecule has 0 aromatic heterocycles. The Kier molecular flexibility index (Phi) is 2.98. The highest BCUT2D eigenvalue weighted by Gasteiger charge is 2.22. The Balaban J connectivity index is 2.62. The smallest absolute Gasteiger partial charge is 0.161 e. The summed E-state index contributed by atoms with van der Waals surface area (Å²) in [5.41, 5.74) is 0.826. The highest BCUT2D eigenvalue weighted by atomic mass is 31.0. The molecule has 0 saturated carbocycles. The molecule has 1 unspecified atom stereocenters. The summed E-state index contributed by atoms with van der Waals surface area (Å²) < 4.78 is 4.94. The lowest BCUT2D eigenvalue weighted by Crippen LogP contribution is -2.02. The molecular weight excluding hydrogens is 159 g/mol. The molecule has 2 atom stereocenters. The van der Waals surface area contributed by atoms with Crippen LogP contribution in [0.5, 0.6) is 0 Å². The molecule has 0 bridgehead atoms. The minimum Gasteiger partial charge on any atom is -0.358 e. The molecule has 1 rings (SSSR count). The van der Waals surface area contributed by atoms with Crippen LogP contribution in [0.2, 0.25) is 0 Å². The number of Topliss-reactive ketones (excluding diaryl/α,β-unsaturated/α-hetero) is 1. The maximum absolute atomic E-state index is 11.1. The molecule has 1 aliphatic carbocycles. The lowest BCUT2D eigenvalue weighted by atomic mass is 10.1. The second kappa shape index (κ2) is 3.80. The Morgan fingerprint density at radius 3 is 3.09 bits per heavy atom. The van der Waals surface area contributed by atoms with Crippen LogP contribution in [0.15, 0.2) is 24.3 Å². The molecule has 3 heteroatoms. The van der Waals surface area contributed by atoms with Crippen molar-refractivity contribution in [2.45, 2.75) is 18.9 Å². The number of allylic oxidation sites excluding steroid dienone is 2. The number of ketones is 1. The van der Waals surface area contributed by atoms with E-state index >= 15 is 0 Å². The van der Waals surface area contributed by atoms with E-state index in [4.69, 9.17) is 4.52 Å². The molecule has 1 aliphatic rings. The first-order valence-electron chi connectivity index (χ1n) is 3.48. The molecule has 0 N–H and O–H groups in total. The van der Waals surface area contributed by atoms with Gasteiger partial charge in [-0.05, 0) is 18.1 Å². The highest BCUT2D eigenvalue weighted by Crippen LogP contribution is 2.21. The van der Waals surface area contributed by atoms with Crippen molar-refractivity contribution in [2.24, 2.45) is 0 Å². The molecule has 0 amide bonds. The van der Waals surface area contributed by atoms with Crippen molar-refractivity contribution in [3.05, 3.63) is 24.3 Å². The third-order valence-corrected chi connectivity index (χ3v) is 2.02. The monoisotopic (exact) mass is 170 g/mol. The first-order chi connectivity index (χ1) is 5.27. The number of carbonyl (C=O) groups is 1. The molecular formula is C8H11O2P. The van der Waals surface area contributed by atoms with E-state index in [0.29, 0.717) is 12.8 Å². The minimum atomic E-state index is -0.0394. The largest absolute Gasteiger partial charge is 0.358 e. The van der Waals surface area contributed by atoms with E-state index < -0.39 is 0 Å². The normalized spacial score (nSPS) is 23.5. The van der Waals surface area contributed by atoms with Gasteiger partial charge in [-0.2, -0.15) is 0 Å². The number of hydrogen-bond acceptors (Lipinski definition) is 2. The zero-order valence-corrected chi connectivity index (χ0v) is 7.40. The van der Waals surface area contributed by atoms with Crippen LogP contribution in [0.25, 0.3) is 0 Å². The van der Waals surface area contributed by atoms with Gasteiger partial charge < -0.3 is 4.52 Å². The maximum Gasteiger partial charge on any atom is 0.161 e. The minimum absolute atomic E-state index is 0.0394. The average molecular weight is 170 g/mol. The quantitative estimate of drug-likeness (QED) is 0.475. The first-order valence-corrected chi connectivity index (χ1v) is 3.95. The molecule has 60 valence electrons. The lowest BCUT2D eigenvalue weighted by Gasteiger charge is -1.99. The number of carbonyl (C=O) groups excluding carboxylic acids is 1. The molecule has 0 radical (unpaired) electrons. The van der Waals surface area contributed by atoms with Gasteiger partial charge in [0.05, 0.1) is 6.10 Å². The van der Waals surface area contributed by atoms with Gasteiger partial charge in [0.15, 0.2) is 5.78 Å². The van der Waals surface area contributed by atoms with Crippen molar-refractivity contribution < 1.29 is 9.32 Å². The van der Waals surface area contributed by atoms with E-state index in [2.05, 4.69) is 16.0 Å². The van der Waals surface area contributed by atoms with Gasteiger partial charge in [-0.25, -0.2) is 0 Å². The zero-order chi connectivity index (χ0) is 8.27. The second-order valence-electron chi connectivity index (χ2n) is 2.49. The van der Waals surface area contributed by atoms with Crippen molar-refractivity contribution in [1.29, 1.82) is 0 Å². The van der Waals surface area contributed by atoms with Crippen LogP contribution in [0.3, 0.4) is 0 Å². The third-order valence-electron chi connectivity index (χ3n) is 1.67. The molecule has 0 aliphatic heterocycles. The van der Waals surface area contributed by atoms with Gasteiger partial charge in [0.2, 0.25) is 0 Å². The highest BCUT2D eigenvalue weighted by molar-refractivity contribution is 7.09. The fourth-order valence-electron chi connectivity index (χ4n) is 1.11. The summed E-state index contributed by atoms with van der Waals surface area (Å²) in [5, 5.41) is 0. The predicted octanol–water partition coefficient (Wildman–Crippen LogP) is 1.64. The molecule has 0 saturated heterocycles. The summed E-state index contributed by atoms with van der Waals surface area (Å²) in [6.45, 7) is 3.57. The number of hydrogen-bond donors (Lipinski definition) is 0. The Bertz CT molecular complexity index is 208. The van der Waals surface area contributed by atoms with Crippen LogP contribution in [-0.4, -0.2) is 11.9 Å². The van der Waals surface area contributed by atoms with Crippen LogP contribution in [0.1, 0.15) is 12.8 Å². The van der Waals surface area contributed by atoms with Gasteiger partial charge >= 0.3 is 0 Å². The summed E-state index contributed by atoms with van der Waals surface area (Å²) in [7, 11) is 2.17. The lowest BCUT2D eigenvalue weighted by molar-refractivity contribution is -0.115. The second-order valence-corrected chi connectivity index (χ2v) is 2.76. The molecule has 0 heterocycles. The van der Waals surface area contributed by atoms with Crippen LogP contribution < -0.4 is 0 Å². The molecule has 0 spiro atoms. The van der Waals surface area contributed by atoms with Crippen LogP contribution in [0, 0.1) is 0 Å². The van der Waals surface area contributed by atoms with E-state index in [-0.39, 0.29) is 11.9 Å². The average Bonchev–Trinajstić information content (AvgIpc) is 2.33.